The summed E-state index contributed by atoms with van der Waals surface area (Å²) in [5, 5.41) is 110. The maximum absolute atomic E-state index is 11.2. The summed E-state index contributed by atoms with van der Waals surface area (Å²) in [7, 11) is 0. The normalized spacial score (nSPS) is 42.9. The summed E-state index contributed by atoms with van der Waals surface area (Å²) >= 11 is 0. The molecule has 19 nitrogen and oxygen atoms in total. The maximum Gasteiger partial charge on any atom is 0.371 e. The van der Waals surface area contributed by atoms with Crippen LogP contribution in [0.4, 0.5) is 0 Å². The molecule has 0 spiro atoms. The Bertz CT molecular complexity index is 914. The van der Waals surface area contributed by atoms with Crippen molar-refractivity contribution < 1.29 is 94.2 Å². The molecule has 19 heteroatoms. The highest BCUT2D eigenvalue weighted by molar-refractivity contribution is 5.84. The number of hydrogen-bond donors (Lipinski definition) is 11. The van der Waals surface area contributed by atoms with Crippen LogP contribution in [0.5, 0.6) is 0 Å². The molecule has 3 aliphatic rings. The van der Waals surface area contributed by atoms with E-state index < -0.39 is 124 Å². The Kier molecular flexibility index (Phi) is 10.8. The van der Waals surface area contributed by atoms with E-state index in [2.05, 4.69) is 0 Å². The Balaban J connectivity index is 1.75. The van der Waals surface area contributed by atoms with E-state index in [0.29, 0.717) is 6.08 Å². The molecule has 0 aromatic heterocycles. The second-order valence-electron chi connectivity index (χ2n) is 9.17. The summed E-state index contributed by atoms with van der Waals surface area (Å²) < 4.78 is 31.2. The molecule has 0 aliphatic carbocycles. The third kappa shape index (κ3) is 6.86. The lowest BCUT2D eigenvalue weighted by Crippen LogP contribution is -2.65. The predicted octanol–water partition coefficient (Wildman–Crippen LogP) is -6.51. The lowest BCUT2D eigenvalue weighted by Gasteiger charge is -2.48. The molecule has 230 valence electrons. The van der Waals surface area contributed by atoms with Crippen LogP contribution in [0.1, 0.15) is 6.42 Å². The molecule has 6 unspecified atom stereocenters. The molecule has 2 saturated heterocycles. The Morgan fingerprint density at radius 3 is 2.17 bits per heavy atom. The summed E-state index contributed by atoms with van der Waals surface area (Å²) in [6.07, 6.45) is -22.2. The fourth-order valence-electron chi connectivity index (χ4n) is 4.21. The van der Waals surface area contributed by atoms with Gasteiger partial charge in [0.05, 0.1) is 19.8 Å². The summed E-state index contributed by atoms with van der Waals surface area (Å²) in [4.78, 5) is 22.4. The monoisotopic (exact) mass is 588 g/mol. The number of aliphatic carboxylic acids is 2. The smallest absolute Gasteiger partial charge is 0.371 e. The summed E-state index contributed by atoms with van der Waals surface area (Å²) in [6.45, 7) is -2.92. The molecule has 0 aromatic carbocycles. The number of carbonyl (C=O) groups is 2. The minimum absolute atomic E-state index is 0.677. The molecule has 0 saturated carbocycles. The van der Waals surface area contributed by atoms with E-state index in [1.54, 1.807) is 0 Å². The van der Waals surface area contributed by atoms with E-state index in [1.165, 1.54) is 0 Å². The molecule has 3 rings (SSSR count). The number of carboxylic acid groups (broad SMARTS) is 2. The van der Waals surface area contributed by atoms with Crippen LogP contribution in [0, 0.1) is 0 Å². The van der Waals surface area contributed by atoms with Crippen molar-refractivity contribution >= 4 is 11.9 Å². The first-order valence-corrected chi connectivity index (χ1v) is 11.9. The van der Waals surface area contributed by atoms with Crippen LogP contribution in [0.25, 0.3) is 0 Å². The molecule has 40 heavy (non-hydrogen) atoms. The third-order valence-electron chi connectivity index (χ3n) is 6.36. The van der Waals surface area contributed by atoms with E-state index in [-0.39, 0.29) is 0 Å². The molecule has 0 amide bonds. The SMILES string of the molecule is O=C(O)C1=C[C@H](O)[C@@H](O)C(O[C@@]2(O)C[C@@H](O)C(OC3[C@@H](O)C(CO)OC(O[C@@H](CO)C(=O)O)[C@@H]3O)OC2CO)O1. The van der Waals surface area contributed by atoms with Gasteiger partial charge in [0.15, 0.2) is 18.7 Å². The third-order valence-corrected chi connectivity index (χ3v) is 6.36. The number of rotatable bonds is 11. The molecular weight excluding hydrogens is 556 g/mol. The Morgan fingerprint density at radius 1 is 0.950 bits per heavy atom. The van der Waals surface area contributed by atoms with Gasteiger partial charge in [-0.1, -0.05) is 0 Å². The first-order chi connectivity index (χ1) is 18.8. The summed E-state index contributed by atoms with van der Waals surface area (Å²) in [5.74, 6) is -6.76. The van der Waals surface area contributed by atoms with Gasteiger partial charge in [0, 0.05) is 6.42 Å². The summed E-state index contributed by atoms with van der Waals surface area (Å²) in [5.41, 5.74) is 0. The van der Waals surface area contributed by atoms with Gasteiger partial charge in [-0.15, -0.1) is 0 Å². The average molecular weight is 588 g/mol. The molecule has 3 heterocycles. The largest absolute Gasteiger partial charge is 0.479 e. The van der Waals surface area contributed by atoms with E-state index in [1.807, 2.05) is 0 Å². The van der Waals surface area contributed by atoms with Crippen molar-refractivity contribution in [2.45, 2.75) is 86.0 Å². The van der Waals surface area contributed by atoms with Gasteiger partial charge in [-0.3, -0.25) is 0 Å². The van der Waals surface area contributed by atoms with Gasteiger partial charge in [-0.2, -0.15) is 0 Å². The average Bonchev–Trinajstić information content (AvgIpc) is 2.89. The van der Waals surface area contributed by atoms with Crippen LogP contribution in [0.3, 0.4) is 0 Å². The zero-order valence-corrected chi connectivity index (χ0v) is 20.5. The zero-order chi connectivity index (χ0) is 29.9. The number of aliphatic hydroxyl groups is 9. The van der Waals surface area contributed by atoms with Gasteiger partial charge in [0.1, 0.15) is 48.8 Å². The Hall–Kier alpha value is -2.08. The lowest BCUT2D eigenvalue weighted by atomic mass is 9.96. The van der Waals surface area contributed by atoms with Crippen molar-refractivity contribution in [1.82, 2.24) is 0 Å². The lowest BCUT2D eigenvalue weighted by molar-refractivity contribution is -0.411. The van der Waals surface area contributed by atoms with Gasteiger partial charge in [-0.25, -0.2) is 9.59 Å². The second kappa shape index (κ2) is 13.3. The standard InChI is InChI=1S/C21H32O19/c22-3-9-13(28)15(14(29)19(36-9)37-10(4-23)17(32)33)39-18-7(26)2-21(34,11(5-24)38-18)40-20-12(27)6(25)1-8(35-20)16(30)31/h1,6-7,9-15,18-20,22-29,34H,2-5H2,(H,30,31)(H,32,33)/t6-,7+,9?,10-,11?,12+,13-,14+,15?,18?,19?,20?,21-/m0/s1. The molecular formula is C21H32O19. The van der Waals surface area contributed by atoms with Crippen molar-refractivity contribution in [3.05, 3.63) is 11.8 Å². The quantitative estimate of drug-likeness (QED) is 0.0999. The van der Waals surface area contributed by atoms with Gasteiger partial charge in [0.25, 0.3) is 0 Å². The van der Waals surface area contributed by atoms with E-state index in [0.717, 1.165) is 0 Å². The van der Waals surface area contributed by atoms with Crippen LogP contribution in [0.2, 0.25) is 0 Å². The van der Waals surface area contributed by atoms with E-state index >= 15 is 0 Å². The van der Waals surface area contributed by atoms with Gasteiger partial charge in [-0.05, 0) is 6.08 Å². The van der Waals surface area contributed by atoms with Crippen LogP contribution in [-0.2, 0) is 38.0 Å². The van der Waals surface area contributed by atoms with Crippen LogP contribution >= 0.6 is 0 Å². The van der Waals surface area contributed by atoms with E-state index in [9.17, 15) is 55.5 Å². The number of hydrogen-bond acceptors (Lipinski definition) is 17. The summed E-state index contributed by atoms with van der Waals surface area (Å²) in [6, 6.07) is 0. The second-order valence-corrected chi connectivity index (χ2v) is 9.17. The number of aliphatic hydroxyl groups excluding tert-OH is 8. The fourth-order valence-corrected chi connectivity index (χ4v) is 4.21. The van der Waals surface area contributed by atoms with Gasteiger partial charge in [0.2, 0.25) is 17.8 Å². The Labute approximate surface area is 224 Å². The minimum Gasteiger partial charge on any atom is -0.479 e. The van der Waals surface area contributed by atoms with Crippen molar-refractivity contribution in [2.75, 3.05) is 19.8 Å². The fraction of sp³-hybridized carbons (Fsp3) is 0.810. The molecule has 2 fully saturated rings. The first kappa shape index (κ1) is 32.4. The van der Waals surface area contributed by atoms with E-state index in [4.69, 9.17) is 38.6 Å². The van der Waals surface area contributed by atoms with Crippen molar-refractivity contribution in [1.29, 1.82) is 0 Å². The Morgan fingerprint density at radius 2 is 1.62 bits per heavy atom. The molecule has 0 bridgehead atoms. The first-order valence-electron chi connectivity index (χ1n) is 11.9. The highest BCUT2D eigenvalue weighted by atomic mass is 16.8. The van der Waals surface area contributed by atoms with Crippen LogP contribution in [0.15, 0.2) is 11.8 Å². The number of ether oxygens (including phenoxy) is 6. The molecule has 13 atom stereocenters. The van der Waals surface area contributed by atoms with Gasteiger partial charge < -0.3 is 84.6 Å². The van der Waals surface area contributed by atoms with Crippen molar-refractivity contribution in [3.63, 3.8) is 0 Å². The van der Waals surface area contributed by atoms with Gasteiger partial charge >= 0.3 is 11.9 Å². The molecule has 3 aliphatic heterocycles. The zero-order valence-electron chi connectivity index (χ0n) is 20.5. The molecule has 0 aromatic rings. The van der Waals surface area contributed by atoms with Crippen molar-refractivity contribution in [2.24, 2.45) is 0 Å². The minimum atomic E-state index is -2.68. The van der Waals surface area contributed by atoms with Crippen LogP contribution < -0.4 is 0 Å². The molecule has 11 N–H and O–H groups in total. The molecule has 0 radical (unpaired) electrons. The maximum atomic E-state index is 11.2. The number of carboxylic acids is 2. The predicted molar refractivity (Wildman–Crippen MR) is 117 cm³/mol. The topological polar surface area (TPSA) is 312 Å². The van der Waals surface area contributed by atoms with Crippen molar-refractivity contribution in [3.8, 4) is 0 Å². The highest BCUT2D eigenvalue weighted by Gasteiger charge is 2.55. The van der Waals surface area contributed by atoms with Crippen LogP contribution in [-0.4, -0.2) is 168 Å². The highest BCUT2D eigenvalue weighted by Crippen LogP contribution is 2.36.